The second kappa shape index (κ2) is 6.98. The molecule has 2 heterocycles. The minimum Gasteiger partial charge on any atom is -0.493 e. The highest BCUT2D eigenvalue weighted by Crippen LogP contribution is 2.31. The molecule has 0 aliphatic carbocycles. The van der Waals surface area contributed by atoms with Crippen molar-refractivity contribution in [2.75, 3.05) is 19.5 Å². The molecule has 1 N–H and O–H groups in total. The fourth-order valence-electron chi connectivity index (χ4n) is 2.37. The van der Waals surface area contributed by atoms with Crippen LogP contribution in [0.5, 0.6) is 5.75 Å². The summed E-state index contributed by atoms with van der Waals surface area (Å²) in [6, 6.07) is 6.70. The van der Waals surface area contributed by atoms with Crippen molar-refractivity contribution in [1.29, 1.82) is 0 Å². The molecule has 2 aromatic heterocycles. The number of halogens is 1. The van der Waals surface area contributed by atoms with Gasteiger partial charge in [-0.15, -0.1) is 0 Å². The Labute approximate surface area is 148 Å². The summed E-state index contributed by atoms with van der Waals surface area (Å²) >= 11 is 5.99. The maximum atomic E-state index is 11.8. The number of nitrogens with one attached hydrogen (secondary N) is 1. The standard InChI is InChI=1S/C17H16ClN3O4/c1-9(12-8-11(18)4-5-19-12)20-17-21-13-6-10(16(22)24-3)7-14(23-2)15(13)25-17/h4-9H,1-3H3,(H,20,21). The number of carbonyl (C=O) groups excluding carboxylic acids is 1. The van der Waals surface area contributed by atoms with Crippen molar-refractivity contribution in [3.63, 3.8) is 0 Å². The fourth-order valence-corrected chi connectivity index (χ4v) is 2.54. The van der Waals surface area contributed by atoms with Crippen LogP contribution in [-0.4, -0.2) is 30.2 Å². The van der Waals surface area contributed by atoms with Crippen LogP contribution in [-0.2, 0) is 4.74 Å². The molecule has 3 rings (SSSR count). The van der Waals surface area contributed by atoms with Crippen LogP contribution in [0.25, 0.3) is 11.1 Å². The Kier molecular flexibility index (Phi) is 4.76. The monoisotopic (exact) mass is 361 g/mol. The van der Waals surface area contributed by atoms with E-state index in [-0.39, 0.29) is 12.1 Å². The number of methoxy groups -OCH3 is 2. The lowest BCUT2D eigenvalue weighted by molar-refractivity contribution is 0.0600. The highest BCUT2D eigenvalue weighted by Gasteiger charge is 2.18. The minimum absolute atomic E-state index is 0.183. The van der Waals surface area contributed by atoms with Gasteiger partial charge >= 0.3 is 5.97 Å². The van der Waals surface area contributed by atoms with Crippen LogP contribution in [0, 0.1) is 0 Å². The number of rotatable bonds is 5. The maximum Gasteiger partial charge on any atom is 0.338 e. The summed E-state index contributed by atoms with van der Waals surface area (Å²) < 4.78 is 15.7. The van der Waals surface area contributed by atoms with E-state index < -0.39 is 5.97 Å². The highest BCUT2D eigenvalue weighted by molar-refractivity contribution is 6.30. The molecule has 0 bridgehead atoms. The maximum absolute atomic E-state index is 11.8. The molecule has 8 heteroatoms. The third-order valence-corrected chi connectivity index (χ3v) is 3.86. The quantitative estimate of drug-likeness (QED) is 0.691. The Balaban J connectivity index is 1.94. The number of oxazole rings is 1. The Morgan fingerprint density at radius 3 is 2.80 bits per heavy atom. The molecule has 0 saturated heterocycles. The van der Waals surface area contributed by atoms with Gasteiger partial charge in [-0.2, -0.15) is 4.98 Å². The summed E-state index contributed by atoms with van der Waals surface area (Å²) in [6.07, 6.45) is 1.63. The van der Waals surface area contributed by atoms with Gasteiger partial charge in [0.25, 0.3) is 6.01 Å². The normalized spacial score (nSPS) is 12.0. The molecule has 0 aliphatic heterocycles. The predicted molar refractivity (Wildman–Crippen MR) is 93.2 cm³/mol. The molecule has 7 nitrogen and oxygen atoms in total. The predicted octanol–water partition coefficient (Wildman–Crippen LogP) is 3.84. The van der Waals surface area contributed by atoms with Crippen LogP contribution < -0.4 is 10.1 Å². The van der Waals surface area contributed by atoms with E-state index in [1.54, 1.807) is 30.5 Å². The smallest absolute Gasteiger partial charge is 0.338 e. The van der Waals surface area contributed by atoms with Crippen molar-refractivity contribution < 1.29 is 18.7 Å². The highest BCUT2D eigenvalue weighted by atomic mass is 35.5. The van der Waals surface area contributed by atoms with Crippen molar-refractivity contribution in [3.8, 4) is 5.75 Å². The van der Waals surface area contributed by atoms with Gasteiger partial charge < -0.3 is 19.2 Å². The van der Waals surface area contributed by atoms with Gasteiger partial charge in [0, 0.05) is 11.2 Å². The molecule has 1 atom stereocenters. The number of nitrogens with zero attached hydrogens (tertiary/aromatic N) is 2. The van der Waals surface area contributed by atoms with Crippen LogP contribution in [0.2, 0.25) is 5.02 Å². The molecule has 0 amide bonds. The van der Waals surface area contributed by atoms with Crippen molar-refractivity contribution in [2.45, 2.75) is 13.0 Å². The number of benzene rings is 1. The van der Waals surface area contributed by atoms with Gasteiger partial charge in [-0.3, -0.25) is 4.98 Å². The molecule has 0 fully saturated rings. The first-order chi connectivity index (χ1) is 12.0. The van der Waals surface area contributed by atoms with Gasteiger partial charge in [0.1, 0.15) is 5.52 Å². The Hall–Kier alpha value is -2.80. The summed E-state index contributed by atoms with van der Waals surface area (Å²) in [5, 5.41) is 3.72. The molecule has 3 aromatic rings. The average molecular weight is 362 g/mol. The summed E-state index contributed by atoms with van der Waals surface area (Å²) in [5.74, 6) is -0.0822. The first-order valence-electron chi connectivity index (χ1n) is 7.46. The molecule has 1 aromatic carbocycles. The van der Waals surface area contributed by atoms with E-state index in [0.29, 0.717) is 27.4 Å². The molecule has 0 spiro atoms. The lowest BCUT2D eigenvalue weighted by Crippen LogP contribution is -2.08. The number of carbonyl (C=O) groups is 1. The lowest BCUT2D eigenvalue weighted by Gasteiger charge is -2.11. The van der Waals surface area contributed by atoms with Gasteiger partial charge in [-0.05, 0) is 31.2 Å². The van der Waals surface area contributed by atoms with Gasteiger partial charge in [-0.25, -0.2) is 4.79 Å². The molecule has 1 unspecified atom stereocenters. The van der Waals surface area contributed by atoms with Gasteiger partial charge in [0.05, 0.1) is 31.5 Å². The second-order valence-corrected chi connectivity index (χ2v) is 5.74. The summed E-state index contributed by atoms with van der Waals surface area (Å²) in [6.45, 7) is 1.91. The first-order valence-corrected chi connectivity index (χ1v) is 7.84. The van der Waals surface area contributed by atoms with Crippen LogP contribution in [0.15, 0.2) is 34.9 Å². The molecule has 130 valence electrons. The van der Waals surface area contributed by atoms with E-state index >= 15 is 0 Å². The molecule has 0 saturated carbocycles. The van der Waals surface area contributed by atoms with Gasteiger partial charge in [0.15, 0.2) is 11.3 Å². The van der Waals surface area contributed by atoms with Gasteiger partial charge in [0.2, 0.25) is 0 Å². The third kappa shape index (κ3) is 3.51. The minimum atomic E-state index is -0.478. The van der Waals surface area contributed by atoms with Gasteiger partial charge in [-0.1, -0.05) is 11.6 Å². The topological polar surface area (TPSA) is 86.5 Å². The lowest BCUT2D eigenvalue weighted by atomic mass is 10.2. The van der Waals surface area contributed by atoms with Crippen LogP contribution in [0.4, 0.5) is 6.01 Å². The van der Waals surface area contributed by atoms with Crippen molar-refractivity contribution in [2.24, 2.45) is 0 Å². The van der Waals surface area contributed by atoms with Crippen molar-refractivity contribution in [3.05, 3.63) is 46.7 Å². The van der Waals surface area contributed by atoms with Crippen LogP contribution >= 0.6 is 11.6 Å². The van der Waals surface area contributed by atoms with E-state index in [0.717, 1.165) is 5.69 Å². The van der Waals surface area contributed by atoms with E-state index in [9.17, 15) is 4.79 Å². The molecule has 25 heavy (non-hydrogen) atoms. The third-order valence-electron chi connectivity index (χ3n) is 3.62. The Bertz CT molecular complexity index is 925. The second-order valence-electron chi connectivity index (χ2n) is 5.30. The molecule has 0 radical (unpaired) electrons. The number of hydrogen-bond acceptors (Lipinski definition) is 7. The SMILES string of the molecule is COC(=O)c1cc(OC)c2oc(NC(C)c3cc(Cl)ccn3)nc2c1. The van der Waals surface area contributed by atoms with Crippen LogP contribution in [0.1, 0.15) is 29.0 Å². The number of fused-ring (bicyclic) bond motifs is 1. The molecular weight excluding hydrogens is 346 g/mol. The largest absolute Gasteiger partial charge is 0.493 e. The molecule has 0 aliphatic rings. The first kappa shape index (κ1) is 17.0. The van der Waals surface area contributed by atoms with E-state index in [1.165, 1.54) is 14.2 Å². The zero-order valence-electron chi connectivity index (χ0n) is 13.9. The Morgan fingerprint density at radius 1 is 1.32 bits per heavy atom. The van der Waals surface area contributed by atoms with Crippen LogP contribution in [0.3, 0.4) is 0 Å². The number of aromatic nitrogens is 2. The summed E-state index contributed by atoms with van der Waals surface area (Å²) in [7, 11) is 2.80. The Morgan fingerprint density at radius 2 is 2.12 bits per heavy atom. The average Bonchev–Trinajstić information content (AvgIpc) is 3.02. The van der Waals surface area contributed by atoms with E-state index in [2.05, 4.69) is 15.3 Å². The van der Waals surface area contributed by atoms with E-state index in [4.69, 9.17) is 25.5 Å². The zero-order chi connectivity index (χ0) is 18.0. The number of pyridine rings is 1. The van der Waals surface area contributed by atoms with E-state index in [1.807, 2.05) is 6.92 Å². The number of ether oxygens (including phenoxy) is 2. The molecular formula is C17H16ClN3O4. The van der Waals surface area contributed by atoms with Crippen molar-refractivity contribution in [1.82, 2.24) is 9.97 Å². The number of hydrogen-bond donors (Lipinski definition) is 1. The summed E-state index contributed by atoms with van der Waals surface area (Å²) in [5.41, 5.74) is 1.99. The fraction of sp³-hybridized carbons (Fsp3) is 0.235. The zero-order valence-corrected chi connectivity index (χ0v) is 14.6. The number of anilines is 1. The summed E-state index contributed by atoms with van der Waals surface area (Å²) in [4.78, 5) is 20.4. The van der Waals surface area contributed by atoms with Crippen molar-refractivity contribution >= 4 is 34.7 Å². The number of esters is 1.